The topological polar surface area (TPSA) is 63.0 Å². The second-order valence-corrected chi connectivity index (χ2v) is 8.05. The molecule has 1 aromatic carbocycles. The Labute approximate surface area is 165 Å². The maximum atomic E-state index is 12.2. The zero-order chi connectivity index (χ0) is 19.7. The van der Waals surface area contributed by atoms with E-state index in [2.05, 4.69) is 31.0 Å². The molecule has 0 amide bonds. The Morgan fingerprint density at radius 3 is 2.79 bits per heavy atom. The van der Waals surface area contributed by atoms with Gasteiger partial charge in [-0.15, -0.1) is 0 Å². The molecule has 2 heterocycles. The predicted octanol–water partition coefficient (Wildman–Crippen LogP) is 4.71. The highest BCUT2D eigenvalue weighted by Gasteiger charge is 2.48. The summed E-state index contributed by atoms with van der Waals surface area (Å²) in [5.41, 5.74) is 3.31. The Morgan fingerprint density at radius 1 is 1.21 bits per heavy atom. The van der Waals surface area contributed by atoms with Gasteiger partial charge in [-0.1, -0.05) is 44.2 Å². The Bertz CT molecular complexity index is 942. The number of nitrogens with zero attached hydrogens (tertiary/aromatic N) is 2. The summed E-state index contributed by atoms with van der Waals surface area (Å²) < 4.78 is 5.35. The van der Waals surface area contributed by atoms with E-state index in [9.17, 15) is 10.1 Å². The molecule has 0 unspecified atom stereocenters. The maximum absolute atomic E-state index is 12.2. The quantitative estimate of drug-likeness (QED) is 0.732. The van der Waals surface area contributed by atoms with Crippen LogP contribution in [-0.4, -0.2) is 17.6 Å². The predicted molar refractivity (Wildman–Crippen MR) is 108 cm³/mol. The van der Waals surface area contributed by atoms with Crippen LogP contribution in [0.15, 0.2) is 48.7 Å². The number of fused-ring (bicyclic) bond motifs is 1. The Balaban J connectivity index is 1.56. The number of benzene rings is 1. The minimum atomic E-state index is -0.0465. The summed E-state index contributed by atoms with van der Waals surface area (Å²) in [6.07, 6.45) is 7.03. The minimum absolute atomic E-state index is 0.0239. The number of esters is 1. The number of carbonyl (C=O) groups is 1. The summed E-state index contributed by atoms with van der Waals surface area (Å²) in [6.45, 7) is 5.07. The highest BCUT2D eigenvalue weighted by molar-refractivity contribution is 5.76. The largest absolute Gasteiger partial charge is 0.465 e. The van der Waals surface area contributed by atoms with Crippen molar-refractivity contribution in [3.63, 3.8) is 0 Å². The number of ether oxygens (including phenoxy) is 1. The molecule has 142 valence electrons. The van der Waals surface area contributed by atoms with Crippen LogP contribution in [0, 0.1) is 40.9 Å². The molecule has 2 fully saturated rings. The molecule has 1 aliphatic carbocycles. The number of aromatic nitrogens is 1. The lowest BCUT2D eigenvalue weighted by Crippen LogP contribution is -2.38. The van der Waals surface area contributed by atoms with Crippen LogP contribution in [-0.2, 0) is 9.53 Å². The van der Waals surface area contributed by atoms with E-state index in [0.29, 0.717) is 29.9 Å². The lowest BCUT2D eigenvalue weighted by atomic mass is 9.64. The molecule has 1 saturated carbocycles. The average Bonchev–Trinajstić information content (AvgIpc) is 3.09. The second kappa shape index (κ2) is 7.59. The van der Waals surface area contributed by atoms with Gasteiger partial charge in [0.25, 0.3) is 0 Å². The van der Waals surface area contributed by atoms with Gasteiger partial charge in [-0.3, -0.25) is 9.78 Å². The van der Waals surface area contributed by atoms with Gasteiger partial charge in [-0.2, -0.15) is 5.26 Å². The second-order valence-electron chi connectivity index (χ2n) is 8.05. The van der Waals surface area contributed by atoms with Crippen molar-refractivity contribution in [1.82, 2.24) is 4.98 Å². The van der Waals surface area contributed by atoms with Crippen molar-refractivity contribution in [3.05, 3.63) is 59.9 Å². The summed E-state index contributed by atoms with van der Waals surface area (Å²) in [6, 6.07) is 13.7. The van der Waals surface area contributed by atoms with Crippen molar-refractivity contribution >= 4 is 12.0 Å². The number of rotatable bonds is 3. The van der Waals surface area contributed by atoms with Crippen molar-refractivity contribution < 1.29 is 9.53 Å². The third kappa shape index (κ3) is 3.33. The molecule has 0 radical (unpaired) electrons. The van der Waals surface area contributed by atoms with Crippen LogP contribution in [0.3, 0.4) is 0 Å². The molecule has 4 nitrogen and oxygen atoms in total. The molecule has 1 saturated heterocycles. The summed E-state index contributed by atoms with van der Waals surface area (Å²) >= 11 is 0. The van der Waals surface area contributed by atoms with E-state index >= 15 is 0 Å². The van der Waals surface area contributed by atoms with E-state index in [1.165, 1.54) is 0 Å². The molecular weight excluding hydrogens is 348 g/mol. The molecule has 4 rings (SSSR count). The number of nitriles is 1. The molecule has 1 aromatic heterocycles. The van der Waals surface area contributed by atoms with Gasteiger partial charge in [0.2, 0.25) is 0 Å². The van der Waals surface area contributed by atoms with Crippen LogP contribution in [0.4, 0.5) is 0 Å². The number of carbonyl (C=O) groups excluding carboxylic acids is 1. The highest BCUT2D eigenvalue weighted by Crippen LogP contribution is 2.46. The number of hydrogen-bond donors (Lipinski definition) is 0. The first-order valence-corrected chi connectivity index (χ1v) is 9.89. The van der Waals surface area contributed by atoms with Crippen LogP contribution >= 0.6 is 0 Å². The lowest BCUT2D eigenvalue weighted by Gasteiger charge is -2.38. The van der Waals surface area contributed by atoms with E-state index < -0.39 is 0 Å². The lowest BCUT2D eigenvalue weighted by molar-refractivity contribution is -0.143. The zero-order valence-electron chi connectivity index (χ0n) is 16.2. The zero-order valence-corrected chi connectivity index (χ0v) is 16.2. The molecule has 0 N–H and O–H groups in total. The van der Waals surface area contributed by atoms with Crippen LogP contribution < -0.4 is 0 Å². The van der Waals surface area contributed by atoms with Crippen molar-refractivity contribution in [2.75, 3.05) is 6.61 Å². The molecular formula is C24H24N2O2. The number of allylic oxidation sites excluding steroid dienone is 1. The van der Waals surface area contributed by atoms with E-state index in [1.807, 2.05) is 42.5 Å². The molecule has 28 heavy (non-hydrogen) atoms. The summed E-state index contributed by atoms with van der Waals surface area (Å²) in [5, 5.41) is 9.29. The van der Waals surface area contributed by atoms with E-state index in [4.69, 9.17) is 4.74 Å². The van der Waals surface area contributed by atoms with Crippen molar-refractivity contribution in [2.45, 2.75) is 20.3 Å². The SMILES string of the molecule is C[C@H]1[C@H](/C=C/c2ccc(-c3ccccc3C#N)cn2)[C@H]2C(=O)OC[C@H]2C[C@@H]1C. The van der Waals surface area contributed by atoms with Crippen molar-refractivity contribution in [3.8, 4) is 17.2 Å². The maximum Gasteiger partial charge on any atom is 0.309 e. The van der Waals surface area contributed by atoms with Gasteiger partial charge in [0.1, 0.15) is 0 Å². The molecule has 1 aliphatic heterocycles. The van der Waals surface area contributed by atoms with E-state index in [-0.39, 0.29) is 17.8 Å². The third-order valence-electron chi connectivity index (χ3n) is 6.45. The van der Waals surface area contributed by atoms with Crippen molar-refractivity contribution in [2.24, 2.45) is 29.6 Å². The fraction of sp³-hybridized carbons (Fsp3) is 0.375. The molecule has 0 spiro atoms. The van der Waals surface area contributed by atoms with Crippen molar-refractivity contribution in [1.29, 1.82) is 5.26 Å². The summed E-state index contributed by atoms with van der Waals surface area (Å²) in [5.74, 6) is 1.46. The van der Waals surface area contributed by atoms with Gasteiger partial charge in [-0.05, 0) is 42.4 Å². The van der Waals surface area contributed by atoms with E-state index in [1.54, 1.807) is 6.20 Å². The smallest absolute Gasteiger partial charge is 0.309 e. The molecule has 4 heteroatoms. The Hall–Kier alpha value is -2.93. The summed E-state index contributed by atoms with van der Waals surface area (Å²) in [4.78, 5) is 16.8. The highest BCUT2D eigenvalue weighted by atomic mass is 16.5. The molecule has 2 aliphatic rings. The van der Waals surface area contributed by atoms with Gasteiger partial charge < -0.3 is 4.74 Å². The first-order valence-electron chi connectivity index (χ1n) is 9.89. The monoisotopic (exact) mass is 372 g/mol. The molecule has 5 atom stereocenters. The number of pyridine rings is 1. The van der Waals surface area contributed by atoms with Gasteiger partial charge >= 0.3 is 5.97 Å². The van der Waals surface area contributed by atoms with Gasteiger partial charge in [-0.25, -0.2) is 0 Å². The first-order chi connectivity index (χ1) is 13.6. The fourth-order valence-electron chi connectivity index (χ4n) is 4.67. The normalized spacial score (nSPS) is 29.3. The first kappa shape index (κ1) is 18.4. The van der Waals surface area contributed by atoms with Gasteiger partial charge in [0.15, 0.2) is 0 Å². The third-order valence-corrected chi connectivity index (χ3v) is 6.45. The Kier molecular flexibility index (Phi) is 5.00. The number of hydrogen-bond acceptors (Lipinski definition) is 4. The molecule has 2 aromatic rings. The minimum Gasteiger partial charge on any atom is -0.465 e. The Morgan fingerprint density at radius 2 is 2.04 bits per heavy atom. The molecule has 0 bridgehead atoms. The van der Waals surface area contributed by atoms with Crippen LogP contribution in [0.5, 0.6) is 0 Å². The number of cyclic esters (lactones) is 1. The van der Waals surface area contributed by atoms with Gasteiger partial charge in [0.05, 0.1) is 29.9 Å². The fourth-order valence-corrected chi connectivity index (χ4v) is 4.67. The standard InChI is InChI=1S/C24H24N2O2/c1-15-11-19-14-28-24(27)23(19)21(16(15)2)10-9-20-8-7-18(13-26-20)22-6-4-3-5-17(22)12-25/h3-10,13,15-16,19,21,23H,11,14H2,1-2H3/b10-9+/t15-,16+,19+,21-,23-/m0/s1. The summed E-state index contributed by atoms with van der Waals surface area (Å²) in [7, 11) is 0. The average molecular weight is 372 g/mol. The van der Waals surface area contributed by atoms with Crippen LogP contribution in [0.1, 0.15) is 31.5 Å². The van der Waals surface area contributed by atoms with Gasteiger partial charge in [0, 0.05) is 23.2 Å². The van der Waals surface area contributed by atoms with Crippen LogP contribution in [0.2, 0.25) is 0 Å². The van der Waals surface area contributed by atoms with Crippen LogP contribution in [0.25, 0.3) is 17.2 Å². The van der Waals surface area contributed by atoms with E-state index in [0.717, 1.165) is 23.2 Å².